The molecule has 138 valence electrons. The zero-order valence-electron chi connectivity index (χ0n) is 15.4. The number of carbonyl (C=O) groups is 1. The smallest absolute Gasteiger partial charge is 0.258 e. The third kappa shape index (κ3) is 3.30. The second-order valence-corrected chi connectivity index (χ2v) is 7.90. The van der Waals surface area contributed by atoms with Gasteiger partial charge in [-0.1, -0.05) is 35.3 Å². The standard InChI is InChI=1S/C22H20Cl2N2O/c1-13-7-9-15(23)12-20(13)26(2)22(27)14-8-10-17-19(11-14)25-18-6-4-3-5-16(18)21(17)24/h7-12H,3-6H2,1-2H3. The van der Waals surface area contributed by atoms with E-state index < -0.39 is 0 Å². The second-order valence-electron chi connectivity index (χ2n) is 7.09. The Morgan fingerprint density at radius 3 is 2.67 bits per heavy atom. The van der Waals surface area contributed by atoms with Crippen LogP contribution in [0.25, 0.3) is 10.9 Å². The lowest BCUT2D eigenvalue weighted by atomic mass is 9.94. The summed E-state index contributed by atoms with van der Waals surface area (Å²) in [6, 6.07) is 11.1. The number of amides is 1. The maximum atomic E-state index is 13.0. The third-order valence-corrected chi connectivity index (χ3v) is 5.94. The number of carbonyl (C=O) groups excluding carboxylic acids is 1. The Morgan fingerprint density at radius 1 is 1.07 bits per heavy atom. The summed E-state index contributed by atoms with van der Waals surface area (Å²) in [7, 11) is 1.76. The summed E-state index contributed by atoms with van der Waals surface area (Å²) < 4.78 is 0. The van der Waals surface area contributed by atoms with E-state index in [1.807, 2.05) is 37.3 Å². The van der Waals surface area contributed by atoms with Gasteiger partial charge in [-0.05, 0) is 68.0 Å². The highest BCUT2D eigenvalue weighted by Gasteiger charge is 2.20. The summed E-state index contributed by atoms with van der Waals surface area (Å²) in [5, 5.41) is 2.30. The molecule has 27 heavy (non-hydrogen) atoms. The lowest BCUT2D eigenvalue weighted by molar-refractivity contribution is 0.0993. The molecule has 3 aromatic rings. The Kier molecular flexibility index (Phi) is 4.83. The molecule has 0 atom stereocenters. The van der Waals surface area contributed by atoms with Gasteiger partial charge in [0.1, 0.15) is 0 Å². The van der Waals surface area contributed by atoms with Gasteiger partial charge in [0, 0.05) is 34.4 Å². The first-order valence-electron chi connectivity index (χ1n) is 9.11. The first-order chi connectivity index (χ1) is 13.0. The van der Waals surface area contributed by atoms with E-state index in [-0.39, 0.29) is 5.91 Å². The lowest BCUT2D eigenvalue weighted by Crippen LogP contribution is -2.27. The van der Waals surface area contributed by atoms with E-state index in [1.54, 1.807) is 18.0 Å². The summed E-state index contributed by atoms with van der Waals surface area (Å²) in [5.74, 6) is -0.0992. The molecule has 0 radical (unpaired) electrons. The number of benzene rings is 2. The van der Waals surface area contributed by atoms with Crippen molar-refractivity contribution >= 4 is 45.7 Å². The SMILES string of the molecule is Cc1ccc(Cl)cc1N(C)C(=O)c1ccc2c(Cl)c3c(nc2c1)CCCC3. The predicted molar refractivity (Wildman–Crippen MR) is 112 cm³/mol. The van der Waals surface area contributed by atoms with Crippen LogP contribution in [0.15, 0.2) is 36.4 Å². The van der Waals surface area contributed by atoms with Crippen LogP contribution in [-0.2, 0) is 12.8 Å². The molecule has 0 fully saturated rings. The minimum absolute atomic E-state index is 0.0992. The number of hydrogen-bond donors (Lipinski definition) is 0. The highest BCUT2D eigenvalue weighted by molar-refractivity contribution is 6.36. The van der Waals surface area contributed by atoms with Crippen molar-refractivity contribution in [3.63, 3.8) is 0 Å². The van der Waals surface area contributed by atoms with Crippen LogP contribution in [0.5, 0.6) is 0 Å². The first-order valence-corrected chi connectivity index (χ1v) is 9.86. The van der Waals surface area contributed by atoms with E-state index in [1.165, 1.54) is 5.56 Å². The monoisotopic (exact) mass is 398 g/mol. The molecule has 1 amide bonds. The Balaban J connectivity index is 1.75. The molecule has 4 rings (SSSR count). The van der Waals surface area contributed by atoms with Crippen molar-refractivity contribution in [1.29, 1.82) is 0 Å². The Hall–Kier alpha value is -2.10. The lowest BCUT2D eigenvalue weighted by Gasteiger charge is -2.21. The fourth-order valence-electron chi connectivity index (χ4n) is 3.75. The Labute approximate surface area is 168 Å². The number of pyridine rings is 1. The van der Waals surface area contributed by atoms with Crippen molar-refractivity contribution in [2.24, 2.45) is 0 Å². The number of nitrogens with zero attached hydrogens (tertiary/aromatic N) is 2. The maximum Gasteiger partial charge on any atom is 0.258 e. The van der Waals surface area contributed by atoms with Gasteiger partial charge >= 0.3 is 0 Å². The molecular weight excluding hydrogens is 379 g/mol. The van der Waals surface area contributed by atoms with Gasteiger partial charge in [-0.15, -0.1) is 0 Å². The van der Waals surface area contributed by atoms with Crippen molar-refractivity contribution < 1.29 is 4.79 Å². The molecule has 0 N–H and O–H groups in total. The molecule has 0 spiro atoms. The number of hydrogen-bond acceptors (Lipinski definition) is 2. The molecule has 1 aliphatic carbocycles. The minimum Gasteiger partial charge on any atom is -0.311 e. The number of halogens is 2. The fraction of sp³-hybridized carbons (Fsp3) is 0.273. The van der Waals surface area contributed by atoms with Crippen molar-refractivity contribution in [2.45, 2.75) is 32.6 Å². The van der Waals surface area contributed by atoms with Crippen LogP contribution in [0.2, 0.25) is 10.0 Å². The van der Waals surface area contributed by atoms with E-state index in [2.05, 4.69) is 0 Å². The van der Waals surface area contributed by atoms with Gasteiger partial charge in [-0.2, -0.15) is 0 Å². The summed E-state index contributed by atoms with van der Waals surface area (Å²) in [5.41, 5.74) is 5.39. The third-order valence-electron chi connectivity index (χ3n) is 5.28. The molecule has 0 bridgehead atoms. The molecule has 0 saturated heterocycles. The van der Waals surface area contributed by atoms with Gasteiger partial charge in [0.15, 0.2) is 0 Å². The topological polar surface area (TPSA) is 33.2 Å². The van der Waals surface area contributed by atoms with Gasteiger partial charge in [-0.3, -0.25) is 9.78 Å². The van der Waals surface area contributed by atoms with Crippen LogP contribution in [0.1, 0.15) is 40.0 Å². The highest BCUT2D eigenvalue weighted by atomic mass is 35.5. The average molecular weight is 399 g/mol. The van der Waals surface area contributed by atoms with Gasteiger partial charge < -0.3 is 4.90 Å². The van der Waals surface area contributed by atoms with E-state index >= 15 is 0 Å². The molecular formula is C22H20Cl2N2O. The van der Waals surface area contributed by atoms with Crippen molar-refractivity contribution in [3.05, 3.63) is 68.8 Å². The van der Waals surface area contributed by atoms with Gasteiger partial charge in [0.2, 0.25) is 0 Å². The zero-order valence-corrected chi connectivity index (χ0v) is 16.9. The van der Waals surface area contributed by atoms with Crippen LogP contribution in [0.4, 0.5) is 5.69 Å². The van der Waals surface area contributed by atoms with E-state index in [0.717, 1.165) is 58.6 Å². The molecule has 1 aromatic heterocycles. The van der Waals surface area contributed by atoms with Gasteiger partial charge in [0.25, 0.3) is 5.91 Å². The number of aromatic nitrogens is 1. The normalized spacial score (nSPS) is 13.5. The Bertz CT molecular complexity index is 1060. The van der Waals surface area contributed by atoms with Crippen LogP contribution >= 0.6 is 23.2 Å². The van der Waals surface area contributed by atoms with E-state index in [9.17, 15) is 4.79 Å². The predicted octanol–water partition coefficient (Wildman–Crippen LogP) is 6.01. The van der Waals surface area contributed by atoms with Crippen molar-refractivity contribution in [1.82, 2.24) is 4.98 Å². The quantitative estimate of drug-likeness (QED) is 0.529. The fourth-order valence-corrected chi connectivity index (χ4v) is 4.28. The minimum atomic E-state index is -0.0992. The number of anilines is 1. The molecule has 0 aliphatic heterocycles. The molecule has 5 heteroatoms. The molecule has 0 saturated carbocycles. The van der Waals surface area contributed by atoms with Gasteiger partial charge in [-0.25, -0.2) is 0 Å². The molecule has 1 aliphatic rings. The van der Waals surface area contributed by atoms with Crippen LogP contribution in [0.3, 0.4) is 0 Å². The van der Waals surface area contributed by atoms with E-state index in [4.69, 9.17) is 28.2 Å². The zero-order chi connectivity index (χ0) is 19.1. The maximum absolute atomic E-state index is 13.0. The summed E-state index contributed by atoms with van der Waals surface area (Å²) in [6.07, 6.45) is 4.22. The molecule has 1 heterocycles. The van der Waals surface area contributed by atoms with Crippen molar-refractivity contribution in [2.75, 3.05) is 11.9 Å². The van der Waals surface area contributed by atoms with Crippen LogP contribution < -0.4 is 4.90 Å². The van der Waals surface area contributed by atoms with Crippen LogP contribution in [0, 0.1) is 6.92 Å². The average Bonchev–Trinajstić information content (AvgIpc) is 2.68. The van der Waals surface area contributed by atoms with E-state index in [0.29, 0.717) is 10.6 Å². The van der Waals surface area contributed by atoms with Gasteiger partial charge in [0.05, 0.1) is 10.5 Å². The summed E-state index contributed by atoms with van der Waals surface area (Å²) in [6.45, 7) is 1.96. The summed E-state index contributed by atoms with van der Waals surface area (Å²) >= 11 is 12.7. The number of aryl methyl sites for hydroxylation is 2. The summed E-state index contributed by atoms with van der Waals surface area (Å²) in [4.78, 5) is 19.5. The second kappa shape index (κ2) is 7.14. The molecule has 2 aromatic carbocycles. The molecule has 0 unspecified atom stereocenters. The number of fused-ring (bicyclic) bond motifs is 2. The highest BCUT2D eigenvalue weighted by Crippen LogP contribution is 2.33. The molecule has 3 nitrogen and oxygen atoms in total. The number of rotatable bonds is 2. The largest absolute Gasteiger partial charge is 0.311 e. The van der Waals surface area contributed by atoms with Crippen LogP contribution in [-0.4, -0.2) is 17.9 Å². The van der Waals surface area contributed by atoms with Crippen molar-refractivity contribution in [3.8, 4) is 0 Å². The first kappa shape index (κ1) is 18.3. The Morgan fingerprint density at radius 2 is 1.85 bits per heavy atom.